The molecule has 0 unspecified atom stereocenters. The summed E-state index contributed by atoms with van der Waals surface area (Å²) in [5.74, 6) is 0.741. The van der Waals surface area contributed by atoms with Crippen molar-refractivity contribution in [3.8, 4) is 22.3 Å². The Morgan fingerprint density at radius 2 is 2.15 bits per heavy atom. The van der Waals surface area contributed by atoms with Gasteiger partial charge in [-0.1, -0.05) is 11.7 Å². The number of hydrogen-bond acceptors (Lipinski definition) is 5. The summed E-state index contributed by atoms with van der Waals surface area (Å²) < 4.78 is 8.70. The van der Waals surface area contributed by atoms with E-state index in [1.807, 2.05) is 30.1 Å². The van der Waals surface area contributed by atoms with Crippen molar-refractivity contribution >= 4 is 28.6 Å². The Kier molecular flexibility index (Phi) is 5.18. The first-order valence-corrected chi connectivity index (χ1v) is 10.8. The highest BCUT2D eigenvalue weighted by Gasteiger charge is 2.27. The lowest BCUT2D eigenvalue weighted by molar-refractivity contribution is -0.118. The molecule has 10 nitrogen and oxygen atoms in total. The molecular weight excluding hydrogens is 420 g/mol. The number of hydrogen-bond donors (Lipinski definition) is 1. The second kappa shape index (κ2) is 8.18. The summed E-state index contributed by atoms with van der Waals surface area (Å²) in [7, 11) is 3.31. The normalized spacial score (nSPS) is 13.9. The highest BCUT2D eigenvalue weighted by atomic mass is 16.5. The maximum absolute atomic E-state index is 13.0. The maximum Gasteiger partial charge on any atom is 0.262 e. The van der Waals surface area contributed by atoms with E-state index in [9.17, 15) is 4.79 Å². The Balaban J connectivity index is 1.78. The van der Waals surface area contributed by atoms with Crippen molar-refractivity contribution in [1.82, 2.24) is 29.5 Å². The second-order valence-electron chi connectivity index (χ2n) is 8.12. The van der Waals surface area contributed by atoms with Crippen LogP contribution >= 0.6 is 0 Å². The molecule has 1 amide bonds. The van der Waals surface area contributed by atoms with Gasteiger partial charge in [0.2, 0.25) is 5.91 Å². The van der Waals surface area contributed by atoms with E-state index in [0.29, 0.717) is 49.7 Å². The van der Waals surface area contributed by atoms with Gasteiger partial charge in [-0.2, -0.15) is 9.78 Å². The highest BCUT2D eigenvalue weighted by molar-refractivity contribution is 6.01. The van der Waals surface area contributed by atoms with Crippen LogP contribution in [0.2, 0.25) is 0 Å². The Bertz CT molecular complexity index is 1400. The number of aromatic nitrogens is 6. The maximum atomic E-state index is 13.0. The average molecular weight is 444 g/mol. The highest BCUT2D eigenvalue weighted by Crippen LogP contribution is 2.41. The van der Waals surface area contributed by atoms with Gasteiger partial charge in [-0.25, -0.2) is 4.98 Å². The van der Waals surface area contributed by atoms with E-state index in [0.717, 1.165) is 33.4 Å². The Morgan fingerprint density at radius 1 is 1.30 bits per heavy atom. The molecule has 0 saturated carbocycles. The van der Waals surface area contributed by atoms with Crippen LogP contribution in [0.1, 0.15) is 18.5 Å². The van der Waals surface area contributed by atoms with E-state index < -0.39 is 0 Å². The third-order valence-electron chi connectivity index (χ3n) is 6.05. The summed E-state index contributed by atoms with van der Waals surface area (Å²) in [5.41, 5.74) is 5.01. The summed E-state index contributed by atoms with van der Waals surface area (Å²) in [5, 5.41) is 10.2. The Hall–Kier alpha value is -3.97. The number of aryl methyl sites for hydroxylation is 2. The summed E-state index contributed by atoms with van der Waals surface area (Å²) in [4.78, 5) is 26.2. The SMILES string of the molecule is [C-]#[N+]c1c2c(nn1CCOC)N(C)C(=O)CCCn1cc(c(C)n1)-c1c[nH]c3ncc-2cc13. The number of ether oxygens (including phenoxy) is 1. The molecule has 0 radical (unpaired) electrons. The summed E-state index contributed by atoms with van der Waals surface area (Å²) >= 11 is 0. The van der Waals surface area contributed by atoms with Crippen LogP contribution in [-0.2, 0) is 22.6 Å². The number of nitrogens with zero attached hydrogens (tertiary/aromatic N) is 7. The van der Waals surface area contributed by atoms with E-state index in [1.165, 1.54) is 0 Å². The van der Waals surface area contributed by atoms with Crippen molar-refractivity contribution in [3.63, 3.8) is 0 Å². The van der Waals surface area contributed by atoms with Crippen molar-refractivity contribution in [2.75, 3.05) is 25.7 Å². The standard InChI is InChI=1S/C23H24N8O2/c1-14-18-13-30(27-14)7-5-6-19(32)29(3)23-20(22(24-2)31(28-23)8-9-33-4)15-10-16-17(18)12-26-21(16)25-11-15/h10-13H,5-9H2,1,3-4H3,(H,25,26). The monoisotopic (exact) mass is 444 g/mol. The van der Waals surface area contributed by atoms with Gasteiger partial charge in [0.05, 0.1) is 17.9 Å². The van der Waals surface area contributed by atoms with Crippen molar-refractivity contribution in [2.24, 2.45) is 0 Å². The van der Waals surface area contributed by atoms with Crippen molar-refractivity contribution in [3.05, 3.63) is 41.8 Å². The second-order valence-corrected chi connectivity index (χ2v) is 8.12. The average Bonchev–Trinajstić information content (AvgIpc) is 3.50. The lowest BCUT2D eigenvalue weighted by atomic mass is 10.0. The molecule has 33 heavy (non-hydrogen) atoms. The van der Waals surface area contributed by atoms with Crippen LogP contribution in [0.5, 0.6) is 0 Å². The number of aromatic amines is 1. The lowest BCUT2D eigenvalue weighted by Gasteiger charge is -2.16. The van der Waals surface area contributed by atoms with E-state index in [4.69, 9.17) is 11.3 Å². The van der Waals surface area contributed by atoms with Gasteiger partial charge in [0.25, 0.3) is 5.82 Å². The molecule has 10 heteroatoms. The molecule has 4 aromatic heterocycles. The van der Waals surface area contributed by atoms with Gasteiger partial charge >= 0.3 is 0 Å². The molecule has 4 aromatic rings. The number of rotatable bonds is 3. The largest absolute Gasteiger partial charge is 0.381 e. The van der Waals surface area contributed by atoms with Gasteiger partial charge in [0, 0.05) is 62.2 Å². The van der Waals surface area contributed by atoms with Gasteiger partial charge in [0.1, 0.15) is 12.2 Å². The van der Waals surface area contributed by atoms with E-state index in [-0.39, 0.29) is 5.91 Å². The number of carbonyl (C=O) groups is 1. The van der Waals surface area contributed by atoms with Gasteiger partial charge in [-0.15, -0.1) is 0 Å². The Morgan fingerprint density at radius 3 is 2.94 bits per heavy atom. The summed E-state index contributed by atoms with van der Waals surface area (Å²) in [6.45, 7) is 11.3. The number of fused-ring (bicyclic) bond motifs is 6. The zero-order chi connectivity index (χ0) is 23.1. The minimum Gasteiger partial charge on any atom is -0.381 e. The fraction of sp³-hybridized carbons (Fsp3) is 0.348. The lowest BCUT2D eigenvalue weighted by Crippen LogP contribution is -2.27. The summed E-state index contributed by atoms with van der Waals surface area (Å²) in [6.07, 6.45) is 6.67. The van der Waals surface area contributed by atoms with Gasteiger partial charge in [0.15, 0.2) is 5.82 Å². The van der Waals surface area contributed by atoms with Crippen molar-refractivity contribution in [2.45, 2.75) is 32.9 Å². The van der Waals surface area contributed by atoms with Crippen LogP contribution in [-0.4, -0.2) is 56.2 Å². The van der Waals surface area contributed by atoms with E-state index in [2.05, 4.69) is 25.0 Å². The van der Waals surface area contributed by atoms with Gasteiger partial charge in [-0.05, 0) is 25.0 Å². The molecule has 1 N–H and O–H groups in total. The third kappa shape index (κ3) is 3.47. The van der Waals surface area contributed by atoms with Crippen LogP contribution in [0.15, 0.2) is 24.7 Å². The van der Waals surface area contributed by atoms with Crippen LogP contribution in [0.3, 0.4) is 0 Å². The number of methoxy groups -OCH3 is 1. The first-order valence-electron chi connectivity index (χ1n) is 10.8. The zero-order valence-corrected chi connectivity index (χ0v) is 18.8. The molecule has 1 aliphatic rings. The predicted molar refractivity (Wildman–Crippen MR) is 124 cm³/mol. The predicted octanol–water partition coefficient (Wildman–Crippen LogP) is 3.55. The molecule has 5 rings (SSSR count). The molecule has 4 bridgehead atoms. The first kappa shape index (κ1) is 20.9. The minimum absolute atomic E-state index is 0.0679. The van der Waals surface area contributed by atoms with Crippen LogP contribution in [0.25, 0.3) is 38.1 Å². The molecule has 0 aromatic carbocycles. The molecule has 0 spiro atoms. The molecule has 0 atom stereocenters. The molecule has 1 aliphatic heterocycles. The first-order chi connectivity index (χ1) is 16.0. The molecule has 0 fully saturated rings. The van der Waals surface area contributed by atoms with Gasteiger partial charge < -0.3 is 14.6 Å². The quantitative estimate of drug-likeness (QED) is 0.487. The number of carbonyl (C=O) groups excluding carboxylic acids is 1. The van der Waals surface area contributed by atoms with Crippen LogP contribution in [0, 0.1) is 13.5 Å². The molecule has 5 heterocycles. The van der Waals surface area contributed by atoms with Crippen molar-refractivity contribution < 1.29 is 9.53 Å². The Labute approximate surface area is 190 Å². The smallest absolute Gasteiger partial charge is 0.262 e. The van der Waals surface area contributed by atoms with Crippen LogP contribution < -0.4 is 4.90 Å². The molecule has 168 valence electrons. The number of H-pyrrole nitrogens is 1. The zero-order valence-electron chi connectivity index (χ0n) is 18.8. The molecular formula is C23H24N8O2. The van der Waals surface area contributed by atoms with E-state index in [1.54, 1.807) is 29.9 Å². The number of amides is 1. The van der Waals surface area contributed by atoms with E-state index >= 15 is 0 Å². The fourth-order valence-electron chi connectivity index (χ4n) is 4.32. The fourth-order valence-corrected chi connectivity index (χ4v) is 4.32. The molecule has 0 aliphatic carbocycles. The van der Waals surface area contributed by atoms with Crippen molar-refractivity contribution in [1.29, 1.82) is 0 Å². The molecule has 0 saturated heterocycles. The topological polar surface area (TPSA) is 98.2 Å². The number of anilines is 1. The third-order valence-corrected chi connectivity index (χ3v) is 6.05. The summed E-state index contributed by atoms with van der Waals surface area (Å²) in [6, 6.07) is 2.00. The number of pyridine rings is 1. The van der Waals surface area contributed by atoms with Crippen LogP contribution in [0.4, 0.5) is 11.6 Å². The minimum atomic E-state index is -0.0679. The van der Waals surface area contributed by atoms with Gasteiger partial charge in [-0.3, -0.25) is 14.4 Å². The number of nitrogens with one attached hydrogen (secondary N) is 1.